The van der Waals surface area contributed by atoms with Crippen molar-refractivity contribution < 1.29 is 0 Å². The molecule has 2 heterocycles. The smallest absolute Gasteiger partial charge is 0.222 e. The van der Waals surface area contributed by atoms with E-state index in [2.05, 4.69) is 52.1 Å². The number of nitrogens with zero attached hydrogens (tertiary/aromatic N) is 3. The van der Waals surface area contributed by atoms with Gasteiger partial charge in [-0.25, -0.2) is 4.98 Å². The van der Waals surface area contributed by atoms with Gasteiger partial charge in [0, 0.05) is 41.3 Å². The molecule has 1 saturated carbocycles. The highest BCUT2D eigenvalue weighted by atomic mass is 32.2. The number of rotatable bonds is 4. The lowest BCUT2D eigenvalue weighted by Crippen LogP contribution is -2.37. The summed E-state index contributed by atoms with van der Waals surface area (Å²) >= 11 is 2.00. The summed E-state index contributed by atoms with van der Waals surface area (Å²) in [5.41, 5.74) is 14.3. The summed E-state index contributed by atoms with van der Waals surface area (Å²) in [6.45, 7) is 4.17. The number of benzene rings is 1. The van der Waals surface area contributed by atoms with Crippen molar-refractivity contribution in [3.8, 4) is 0 Å². The van der Waals surface area contributed by atoms with E-state index < -0.39 is 0 Å². The van der Waals surface area contributed by atoms with Gasteiger partial charge in [0.05, 0.1) is 5.69 Å². The SMILES string of the molecule is Cc1ccc(SC2CCN(c3cc(C4CC(N)C4)nc(N)n3)CC2)cc1. The Morgan fingerprint density at radius 3 is 2.42 bits per heavy atom. The zero-order valence-electron chi connectivity index (χ0n) is 15.3. The highest BCUT2D eigenvalue weighted by Crippen LogP contribution is 2.37. The van der Waals surface area contributed by atoms with Crippen molar-refractivity contribution in [2.75, 3.05) is 23.7 Å². The van der Waals surface area contributed by atoms with E-state index in [1.54, 1.807) is 0 Å². The van der Waals surface area contributed by atoms with Crippen LogP contribution in [0, 0.1) is 6.92 Å². The molecule has 2 aromatic rings. The standard InChI is InChI=1S/C20H27N5S/c1-13-2-4-16(5-3-13)26-17-6-8-25(9-7-17)19-12-18(23-20(22)24-19)14-10-15(21)11-14/h2-5,12,14-15,17H,6-11,21H2,1H3,(H2,22,23,24). The highest BCUT2D eigenvalue weighted by molar-refractivity contribution is 8.00. The number of thioether (sulfide) groups is 1. The molecule has 1 saturated heterocycles. The summed E-state index contributed by atoms with van der Waals surface area (Å²) < 4.78 is 0. The van der Waals surface area contributed by atoms with Crippen molar-refractivity contribution in [2.45, 2.75) is 54.7 Å². The molecule has 0 unspecified atom stereocenters. The molecular formula is C20H27N5S. The molecule has 0 amide bonds. The number of hydrogen-bond acceptors (Lipinski definition) is 6. The van der Waals surface area contributed by atoms with E-state index in [9.17, 15) is 0 Å². The molecule has 0 atom stereocenters. The largest absolute Gasteiger partial charge is 0.368 e. The maximum Gasteiger partial charge on any atom is 0.222 e. The Morgan fingerprint density at radius 2 is 1.77 bits per heavy atom. The minimum Gasteiger partial charge on any atom is -0.368 e. The summed E-state index contributed by atoms with van der Waals surface area (Å²) in [4.78, 5) is 12.7. The first-order chi connectivity index (χ1) is 12.6. The minimum absolute atomic E-state index is 0.314. The van der Waals surface area contributed by atoms with Gasteiger partial charge in [-0.2, -0.15) is 4.98 Å². The predicted octanol–water partition coefficient (Wildman–Crippen LogP) is 3.33. The molecule has 1 aliphatic heterocycles. The van der Waals surface area contributed by atoms with Crippen LogP contribution in [0.4, 0.5) is 11.8 Å². The van der Waals surface area contributed by atoms with E-state index in [0.29, 0.717) is 23.2 Å². The van der Waals surface area contributed by atoms with Crippen LogP contribution in [0.2, 0.25) is 0 Å². The molecule has 1 aromatic heterocycles. The normalized spacial score (nSPS) is 23.7. The van der Waals surface area contributed by atoms with Crippen LogP contribution < -0.4 is 16.4 Å². The fourth-order valence-corrected chi connectivity index (χ4v) is 4.88. The van der Waals surface area contributed by atoms with Crippen LogP contribution in [-0.2, 0) is 0 Å². The molecule has 1 aromatic carbocycles. The lowest BCUT2D eigenvalue weighted by molar-refractivity contribution is 0.345. The summed E-state index contributed by atoms with van der Waals surface area (Å²) in [5, 5.41) is 0.664. The van der Waals surface area contributed by atoms with Crippen molar-refractivity contribution in [3.05, 3.63) is 41.6 Å². The number of aromatic nitrogens is 2. The number of aryl methyl sites for hydroxylation is 1. The van der Waals surface area contributed by atoms with E-state index in [0.717, 1.165) is 50.3 Å². The second-order valence-electron chi connectivity index (χ2n) is 7.55. The van der Waals surface area contributed by atoms with Crippen molar-refractivity contribution in [1.82, 2.24) is 9.97 Å². The number of piperidine rings is 1. The number of nitrogens with two attached hydrogens (primary N) is 2. The third-order valence-electron chi connectivity index (χ3n) is 5.43. The zero-order valence-corrected chi connectivity index (χ0v) is 16.1. The van der Waals surface area contributed by atoms with Crippen LogP contribution in [0.3, 0.4) is 0 Å². The van der Waals surface area contributed by atoms with Crippen molar-refractivity contribution in [2.24, 2.45) is 5.73 Å². The maximum absolute atomic E-state index is 5.97. The highest BCUT2D eigenvalue weighted by Gasteiger charge is 2.30. The Kier molecular flexibility index (Phi) is 5.05. The van der Waals surface area contributed by atoms with Crippen molar-refractivity contribution in [3.63, 3.8) is 0 Å². The molecule has 0 radical (unpaired) electrons. The van der Waals surface area contributed by atoms with Crippen LogP contribution in [0.15, 0.2) is 35.2 Å². The molecule has 138 valence electrons. The fraction of sp³-hybridized carbons (Fsp3) is 0.500. The van der Waals surface area contributed by atoms with E-state index >= 15 is 0 Å². The molecule has 2 fully saturated rings. The average molecular weight is 370 g/mol. The molecular weight excluding hydrogens is 342 g/mol. The summed E-state index contributed by atoms with van der Waals surface area (Å²) in [7, 11) is 0. The van der Waals surface area contributed by atoms with Gasteiger partial charge in [0.25, 0.3) is 0 Å². The van der Waals surface area contributed by atoms with E-state index in [1.807, 2.05) is 11.8 Å². The zero-order chi connectivity index (χ0) is 18.1. The minimum atomic E-state index is 0.314. The quantitative estimate of drug-likeness (QED) is 0.860. The van der Waals surface area contributed by atoms with Gasteiger partial charge in [0.1, 0.15) is 5.82 Å². The first kappa shape index (κ1) is 17.6. The Morgan fingerprint density at radius 1 is 1.08 bits per heavy atom. The van der Waals surface area contributed by atoms with Crippen LogP contribution in [0.1, 0.15) is 42.9 Å². The van der Waals surface area contributed by atoms with Gasteiger partial charge >= 0.3 is 0 Å². The molecule has 0 bridgehead atoms. The number of nitrogen functional groups attached to an aromatic ring is 1. The van der Waals surface area contributed by atoms with Crippen LogP contribution in [0.25, 0.3) is 0 Å². The lowest BCUT2D eigenvalue weighted by Gasteiger charge is -2.35. The third-order valence-corrected chi connectivity index (χ3v) is 6.78. The van der Waals surface area contributed by atoms with Crippen molar-refractivity contribution in [1.29, 1.82) is 0 Å². The Balaban J connectivity index is 1.37. The monoisotopic (exact) mass is 369 g/mol. The van der Waals surface area contributed by atoms with Gasteiger partial charge in [-0.15, -0.1) is 11.8 Å². The van der Waals surface area contributed by atoms with Gasteiger partial charge in [-0.3, -0.25) is 0 Å². The Bertz CT molecular complexity index is 749. The molecule has 26 heavy (non-hydrogen) atoms. The summed E-state index contributed by atoms with van der Waals surface area (Å²) in [5.74, 6) is 1.81. The van der Waals surface area contributed by atoms with Crippen molar-refractivity contribution >= 4 is 23.5 Å². The molecule has 5 nitrogen and oxygen atoms in total. The van der Waals surface area contributed by atoms with Crippen LogP contribution in [0.5, 0.6) is 0 Å². The van der Waals surface area contributed by atoms with Crippen LogP contribution in [-0.4, -0.2) is 34.3 Å². The van der Waals surface area contributed by atoms with Gasteiger partial charge < -0.3 is 16.4 Å². The van der Waals surface area contributed by atoms with E-state index in [-0.39, 0.29) is 0 Å². The first-order valence-corrected chi connectivity index (χ1v) is 10.3. The third kappa shape index (κ3) is 3.96. The lowest BCUT2D eigenvalue weighted by atomic mass is 9.78. The number of hydrogen-bond donors (Lipinski definition) is 2. The first-order valence-electron chi connectivity index (χ1n) is 9.45. The molecule has 0 spiro atoms. The number of anilines is 2. The fourth-order valence-electron chi connectivity index (χ4n) is 3.76. The molecule has 1 aliphatic carbocycles. The van der Waals surface area contributed by atoms with Gasteiger partial charge in [0.2, 0.25) is 5.95 Å². The summed E-state index contributed by atoms with van der Waals surface area (Å²) in [6, 6.07) is 11.3. The van der Waals surface area contributed by atoms with E-state index in [4.69, 9.17) is 11.5 Å². The molecule has 6 heteroatoms. The van der Waals surface area contributed by atoms with Gasteiger partial charge in [-0.05, 0) is 44.7 Å². The van der Waals surface area contributed by atoms with Gasteiger partial charge in [0.15, 0.2) is 0 Å². The maximum atomic E-state index is 5.97. The average Bonchev–Trinajstić information content (AvgIpc) is 2.61. The summed E-state index contributed by atoms with van der Waals surface area (Å²) in [6.07, 6.45) is 4.33. The molecule has 4 N–H and O–H groups in total. The van der Waals surface area contributed by atoms with Gasteiger partial charge in [-0.1, -0.05) is 17.7 Å². The predicted molar refractivity (Wildman–Crippen MR) is 109 cm³/mol. The topological polar surface area (TPSA) is 81.1 Å². The second-order valence-corrected chi connectivity index (χ2v) is 8.93. The Hall–Kier alpha value is -1.79. The second kappa shape index (κ2) is 7.45. The molecule has 4 rings (SSSR count). The van der Waals surface area contributed by atoms with Crippen LogP contribution >= 0.6 is 11.8 Å². The molecule has 2 aliphatic rings. The Labute approximate surface area is 159 Å². The van der Waals surface area contributed by atoms with E-state index in [1.165, 1.54) is 10.5 Å².